The van der Waals surface area contributed by atoms with Crippen molar-refractivity contribution in [2.75, 3.05) is 29.0 Å². The van der Waals surface area contributed by atoms with Crippen LogP contribution in [0.3, 0.4) is 0 Å². The van der Waals surface area contributed by atoms with Gasteiger partial charge in [0, 0.05) is 17.6 Å². The molecule has 0 atom stereocenters. The summed E-state index contributed by atoms with van der Waals surface area (Å²) in [6, 6.07) is 4.68. The zero-order valence-corrected chi connectivity index (χ0v) is 13.4. The molecule has 0 aliphatic heterocycles. The minimum absolute atomic E-state index is 0.0897. The molecule has 0 saturated heterocycles. The Kier molecular flexibility index (Phi) is 4.89. The lowest BCUT2D eigenvalue weighted by molar-refractivity contribution is 0.630. The molecule has 0 fully saturated rings. The van der Waals surface area contributed by atoms with E-state index in [1.54, 1.807) is 12.1 Å². The fourth-order valence-electron chi connectivity index (χ4n) is 1.80. The van der Waals surface area contributed by atoms with Crippen LogP contribution in [0.15, 0.2) is 22.7 Å². The first-order chi connectivity index (χ1) is 10.0. The van der Waals surface area contributed by atoms with Crippen molar-refractivity contribution in [3.05, 3.63) is 28.5 Å². The number of nitrogen functional groups attached to an aromatic ring is 1. The highest BCUT2D eigenvalue weighted by Crippen LogP contribution is 2.22. The third-order valence-electron chi connectivity index (χ3n) is 2.86. The standard InChI is InChI=1S/C13H16BrFN6/c1-3-21(4-2)13-19-11(16)18-12(20-13)17-10-6-5-8(14)7-9(10)15/h5-7H,3-4H2,1-2H3,(H3,16,17,18,19,20). The highest BCUT2D eigenvalue weighted by Gasteiger charge is 2.11. The number of anilines is 4. The van der Waals surface area contributed by atoms with Crippen LogP contribution in [0.1, 0.15) is 13.8 Å². The number of aromatic nitrogens is 3. The molecule has 0 bridgehead atoms. The van der Waals surface area contributed by atoms with Crippen LogP contribution in [0.4, 0.5) is 27.9 Å². The monoisotopic (exact) mass is 354 g/mol. The van der Waals surface area contributed by atoms with Crippen LogP contribution in [0.25, 0.3) is 0 Å². The molecular weight excluding hydrogens is 339 g/mol. The molecule has 2 rings (SSSR count). The molecule has 1 aromatic carbocycles. The fourth-order valence-corrected chi connectivity index (χ4v) is 2.13. The van der Waals surface area contributed by atoms with E-state index in [9.17, 15) is 4.39 Å². The van der Waals surface area contributed by atoms with E-state index in [1.165, 1.54) is 6.07 Å². The predicted molar refractivity (Wildman–Crippen MR) is 85.2 cm³/mol. The summed E-state index contributed by atoms with van der Waals surface area (Å²) in [6.07, 6.45) is 0. The molecule has 0 aliphatic carbocycles. The minimum Gasteiger partial charge on any atom is -0.368 e. The highest BCUT2D eigenvalue weighted by molar-refractivity contribution is 9.10. The summed E-state index contributed by atoms with van der Waals surface area (Å²) < 4.78 is 14.5. The number of hydrogen-bond donors (Lipinski definition) is 2. The van der Waals surface area contributed by atoms with Crippen LogP contribution in [0.5, 0.6) is 0 Å². The highest BCUT2D eigenvalue weighted by atomic mass is 79.9. The van der Waals surface area contributed by atoms with Crippen LogP contribution >= 0.6 is 15.9 Å². The minimum atomic E-state index is -0.409. The zero-order chi connectivity index (χ0) is 15.4. The number of halogens is 2. The smallest absolute Gasteiger partial charge is 0.233 e. The molecule has 1 aromatic heterocycles. The van der Waals surface area contributed by atoms with E-state index in [4.69, 9.17) is 5.73 Å². The molecule has 8 heteroatoms. The second kappa shape index (κ2) is 6.66. The quantitative estimate of drug-likeness (QED) is 0.859. The summed E-state index contributed by atoms with van der Waals surface area (Å²) in [5, 5.41) is 2.82. The zero-order valence-electron chi connectivity index (χ0n) is 11.8. The van der Waals surface area contributed by atoms with E-state index in [1.807, 2.05) is 18.7 Å². The van der Waals surface area contributed by atoms with Gasteiger partial charge in [0.15, 0.2) is 0 Å². The van der Waals surface area contributed by atoms with Crippen LogP contribution in [0, 0.1) is 5.82 Å². The Labute approximate surface area is 130 Å². The Balaban J connectivity index is 2.31. The van der Waals surface area contributed by atoms with Crippen molar-refractivity contribution in [1.29, 1.82) is 0 Å². The van der Waals surface area contributed by atoms with Crippen molar-refractivity contribution in [2.45, 2.75) is 13.8 Å². The second-order valence-electron chi connectivity index (χ2n) is 4.24. The third-order valence-corrected chi connectivity index (χ3v) is 3.36. The van der Waals surface area contributed by atoms with Gasteiger partial charge in [-0.2, -0.15) is 15.0 Å². The van der Waals surface area contributed by atoms with E-state index < -0.39 is 5.82 Å². The van der Waals surface area contributed by atoms with Crippen molar-refractivity contribution in [2.24, 2.45) is 0 Å². The van der Waals surface area contributed by atoms with Crippen molar-refractivity contribution in [3.8, 4) is 0 Å². The fraction of sp³-hybridized carbons (Fsp3) is 0.308. The number of benzene rings is 1. The predicted octanol–water partition coefficient (Wildman–Crippen LogP) is 2.95. The van der Waals surface area contributed by atoms with Crippen LogP contribution in [0.2, 0.25) is 0 Å². The largest absolute Gasteiger partial charge is 0.368 e. The lowest BCUT2D eigenvalue weighted by Crippen LogP contribution is -2.25. The summed E-state index contributed by atoms with van der Waals surface area (Å²) in [6.45, 7) is 5.47. The van der Waals surface area contributed by atoms with Gasteiger partial charge in [0.05, 0.1) is 5.69 Å². The van der Waals surface area contributed by atoms with E-state index in [2.05, 4.69) is 36.2 Å². The van der Waals surface area contributed by atoms with Gasteiger partial charge in [-0.25, -0.2) is 4.39 Å². The molecule has 112 valence electrons. The van der Waals surface area contributed by atoms with Crippen LogP contribution in [-0.2, 0) is 0 Å². The van der Waals surface area contributed by atoms with E-state index in [0.717, 1.165) is 13.1 Å². The molecular formula is C13H16BrFN6. The average molecular weight is 355 g/mol. The molecule has 0 aliphatic rings. The SMILES string of the molecule is CCN(CC)c1nc(N)nc(Nc2ccc(Br)cc2F)n1. The van der Waals surface area contributed by atoms with Crippen molar-refractivity contribution in [1.82, 2.24) is 15.0 Å². The molecule has 1 heterocycles. The average Bonchev–Trinajstić information content (AvgIpc) is 2.43. The number of nitrogens with one attached hydrogen (secondary N) is 1. The summed E-state index contributed by atoms with van der Waals surface area (Å²) in [7, 11) is 0. The van der Waals surface area contributed by atoms with Gasteiger partial charge >= 0.3 is 0 Å². The summed E-state index contributed by atoms with van der Waals surface area (Å²) >= 11 is 3.21. The summed E-state index contributed by atoms with van der Waals surface area (Å²) in [5.41, 5.74) is 5.96. The Morgan fingerprint density at radius 1 is 1.24 bits per heavy atom. The number of nitrogens with two attached hydrogens (primary N) is 1. The molecule has 2 aromatic rings. The summed E-state index contributed by atoms with van der Waals surface area (Å²) in [4.78, 5) is 14.3. The number of hydrogen-bond acceptors (Lipinski definition) is 6. The Morgan fingerprint density at radius 2 is 1.95 bits per heavy atom. The first-order valence-corrected chi connectivity index (χ1v) is 7.31. The van der Waals surface area contributed by atoms with E-state index in [-0.39, 0.29) is 17.6 Å². The second-order valence-corrected chi connectivity index (χ2v) is 5.15. The first-order valence-electron chi connectivity index (χ1n) is 6.52. The maximum atomic E-state index is 13.8. The van der Waals surface area contributed by atoms with E-state index >= 15 is 0 Å². The Morgan fingerprint density at radius 3 is 2.57 bits per heavy atom. The third kappa shape index (κ3) is 3.78. The molecule has 0 saturated carbocycles. The molecule has 6 nitrogen and oxygen atoms in total. The lowest BCUT2D eigenvalue weighted by Gasteiger charge is -2.19. The molecule has 3 N–H and O–H groups in total. The molecule has 0 radical (unpaired) electrons. The molecule has 0 spiro atoms. The van der Waals surface area contributed by atoms with Gasteiger partial charge in [-0.15, -0.1) is 0 Å². The topological polar surface area (TPSA) is 80.0 Å². The van der Waals surface area contributed by atoms with Gasteiger partial charge in [-0.05, 0) is 32.0 Å². The van der Waals surface area contributed by atoms with Crippen molar-refractivity contribution < 1.29 is 4.39 Å². The van der Waals surface area contributed by atoms with Crippen molar-refractivity contribution >= 4 is 39.5 Å². The van der Waals surface area contributed by atoms with Gasteiger partial charge in [0.25, 0.3) is 0 Å². The molecule has 21 heavy (non-hydrogen) atoms. The van der Waals surface area contributed by atoms with Crippen LogP contribution < -0.4 is 16.0 Å². The molecule has 0 amide bonds. The maximum absolute atomic E-state index is 13.8. The van der Waals surface area contributed by atoms with Crippen LogP contribution in [-0.4, -0.2) is 28.0 Å². The molecule has 0 unspecified atom stereocenters. The van der Waals surface area contributed by atoms with Crippen molar-refractivity contribution in [3.63, 3.8) is 0 Å². The van der Waals surface area contributed by atoms with E-state index in [0.29, 0.717) is 10.4 Å². The number of nitrogens with zero attached hydrogens (tertiary/aromatic N) is 4. The Bertz CT molecular complexity index is 632. The van der Waals surface area contributed by atoms with Gasteiger partial charge in [0.1, 0.15) is 5.82 Å². The maximum Gasteiger partial charge on any atom is 0.233 e. The van der Waals surface area contributed by atoms with Gasteiger partial charge in [-0.3, -0.25) is 0 Å². The lowest BCUT2D eigenvalue weighted by atomic mass is 10.3. The van der Waals surface area contributed by atoms with Gasteiger partial charge < -0.3 is 16.0 Å². The van der Waals surface area contributed by atoms with Gasteiger partial charge in [0.2, 0.25) is 17.8 Å². The Hall–Kier alpha value is -1.96. The summed E-state index contributed by atoms with van der Waals surface area (Å²) in [5.74, 6) is 0.359. The normalized spacial score (nSPS) is 10.5. The number of rotatable bonds is 5. The first kappa shape index (κ1) is 15.4. The van der Waals surface area contributed by atoms with Gasteiger partial charge in [-0.1, -0.05) is 15.9 Å².